The number of aryl methyl sites for hydroxylation is 1. The molecule has 1 aliphatic rings. The molecule has 34 heavy (non-hydrogen) atoms. The van der Waals surface area contributed by atoms with Crippen molar-refractivity contribution < 1.29 is 23.1 Å². The molecule has 3 aromatic carbocycles. The summed E-state index contributed by atoms with van der Waals surface area (Å²) in [5.74, 6) is -1.21. The molecule has 168 valence electrons. The molecular weight excluding hydrogens is 438 g/mol. The molecule has 5 aromatic rings. The molecule has 1 aliphatic heterocycles. The molecule has 1 N–H and O–H groups in total. The monoisotopic (exact) mass is 456 g/mol. The van der Waals surface area contributed by atoms with E-state index < -0.39 is 5.97 Å². The van der Waals surface area contributed by atoms with Crippen molar-refractivity contribution in [2.75, 3.05) is 11.4 Å². The van der Waals surface area contributed by atoms with Gasteiger partial charge in [0.05, 0.1) is 16.8 Å². The van der Waals surface area contributed by atoms with Crippen LogP contribution in [0.2, 0.25) is 0 Å². The van der Waals surface area contributed by atoms with E-state index in [9.17, 15) is 18.7 Å². The van der Waals surface area contributed by atoms with Gasteiger partial charge in [-0.2, -0.15) is 0 Å². The molecule has 0 aliphatic carbocycles. The Morgan fingerprint density at radius 1 is 0.912 bits per heavy atom. The average molecular weight is 456 g/mol. The van der Waals surface area contributed by atoms with Crippen LogP contribution in [0.15, 0.2) is 71.1 Å². The third-order valence-electron chi connectivity index (χ3n) is 6.20. The average Bonchev–Trinajstić information content (AvgIpc) is 3.25. The van der Waals surface area contributed by atoms with Gasteiger partial charge in [0.2, 0.25) is 0 Å². The van der Waals surface area contributed by atoms with Crippen molar-refractivity contribution in [3.63, 3.8) is 0 Å². The third-order valence-corrected chi connectivity index (χ3v) is 6.20. The smallest absolute Gasteiger partial charge is 0.335 e. The number of hydrogen-bond donors (Lipinski definition) is 1. The number of carboxylic acid groups (broad SMARTS) is 1. The number of aromatic nitrogens is 1. The van der Waals surface area contributed by atoms with E-state index in [1.54, 1.807) is 36.4 Å². The molecule has 0 fully saturated rings. The van der Waals surface area contributed by atoms with E-state index in [0.29, 0.717) is 45.6 Å². The molecule has 0 spiro atoms. The van der Waals surface area contributed by atoms with Gasteiger partial charge in [-0.3, -0.25) is 0 Å². The summed E-state index contributed by atoms with van der Waals surface area (Å²) < 4.78 is 33.7. The second-order valence-corrected chi connectivity index (χ2v) is 8.39. The standard InChI is InChI=1S/C27H18F2N2O3/c28-19-4-7-22-15(11-19)2-1-9-31(22)23-13-17-10-16(27(32)33)3-6-21(17)30-26(23)25-14-18-12-20(29)5-8-24(18)34-25/h3-8,10-14H,1-2,9H2,(H,32,33). The van der Waals surface area contributed by atoms with Gasteiger partial charge < -0.3 is 14.4 Å². The second kappa shape index (κ2) is 7.66. The van der Waals surface area contributed by atoms with Gasteiger partial charge in [0, 0.05) is 23.0 Å². The van der Waals surface area contributed by atoms with Crippen molar-refractivity contribution in [1.29, 1.82) is 0 Å². The van der Waals surface area contributed by atoms with Crippen LogP contribution in [0.25, 0.3) is 33.3 Å². The number of furan rings is 1. The number of anilines is 2. The molecule has 3 heterocycles. The van der Waals surface area contributed by atoms with Crippen LogP contribution in [-0.2, 0) is 6.42 Å². The number of benzene rings is 3. The number of halogens is 2. The van der Waals surface area contributed by atoms with Gasteiger partial charge in [0.25, 0.3) is 0 Å². The maximum Gasteiger partial charge on any atom is 0.335 e. The first-order valence-electron chi connectivity index (χ1n) is 10.9. The fraction of sp³-hybridized carbons (Fsp3) is 0.111. The van der Waals surface area contributed by atoms with Crippen LogP contribution in [0.3, 0.4) is 0 Å². The number of carbonyl (C=O) groups is 1. The Morgan fingerprint density at radius 2 is 1.74 bits per heavy atom. The van der Waals surface area contributed by atoms with Crippen molar-refractivity contribution in [2.24, 2.45) is 0 Å². The van der Waals surface area contributed by atoms with Crippen molar-refractivity contribution >= 4 is 39.2 Å². The minimum absolute atomic E-state index is 0.160. The Balaban J connectivity index is 1.61. The number of nitrogens with zero attached hydrogens (tertiary/aromatic N) is 2. The molecular formula is C27H18F2N2O3. The lowest BCUT2D eigenvalue weighted by molar-refractivity contribution is 0.0697. The summed E-state index contributed by atoms with van der Waals surface area (Å²) in [4.78, 5) is 18.4. The van der Waals surface area contributed by atoms with Crippen molar-refractivity contribution in [3.05, 3.63) is 89.5 Å². The highest BCUT2D eigenvalue weighted by Crippen LogP contribution is 2.41. The van der Waals surface area contributed by atoms with Gasteiger partial charge in [0.15, 0.2) is 5.76 Å². The molecule has 2 aromatic heterocycles. The quantitative estimate of drug-likeness (QED) is 0.327. The van der Waals surface area contributed by atoms with Gasteiger partial charge in [-0.05, 0) is 85.1 Å². The van der Waals surface area contributed by atoms with Gasteiger partial charge in [-0.1, -0.05) is 0 Å². The molecule has 0 atom stereocenters. The first-order valence-corrected chi connectivity index (χ1v) is 10.9. The molecule has 0 radical (unpaired) electrons. The van der Waals surface area contributed by atoms with E-state index in [4.69, 9.17) is 9.40 Å². The largest absolute Gasteiger partial charge is 0.478 e. The molecule has 6 rings (SSSR count). The summed E-state index contributed by atoms with van der Waals surface area (Å²) >= 11 is 0. The Hall–Kier alpha value is -4.26. The van der Waals surface area contributed by atoms with E-state index in [1.165, 1.54) is 24.3 Å². The number of aromatic carboxylic acids is 1. The normalized spacial score (nSPS) is 13.4. The fourth-order valence-corrected chi connectivity index (χ4v) is 4.63. The summed E-state index contributed by atoms with van der Waals surface area (Å²) in [5.41, 5.74) is 4.31. The summed E-state index contributed by atoms with van der Waals surface area (Å²) in [6.45, 7) is 0.673. The SMILES string of the molecule is O=C(O)c1ccc2nc(-c3cc4cc(F)ccc4o3)c(N3CCCc4cc(F)ccc43)cc2c1. The van der Waals surface area contributed by atoms with Gasteiger partial charge in [-0.25, -0.2) is 18.6 Å². The zero-order valence-electron chi connectivity index (χ0n) is 17.9. The number of fused-ring (bicyclic) bond motifs is 3. The molecule has 7 heteroatoms. The van der Waals surface area contributed by atoms with Gasteiger partial charge in [-0.15, -0.1) is 0 Å². The van der Waals surface area contributed by atoms with Crippen LogP contribution in [-0.4, -0.2) is 22.6 Å². The van der Waals surface area contributed by atoms with E-state index >= 15 is 0 Å². The second-order valence-electron chi connectivity index (χ2n) is 8.39. The highest BCUT2D eigenvalue weighted by atomic mass is 19.1. The molecule has 5 nitrogen and oxygen atoms in total. The van der Waals surface area contributed by atoms with Crippen LogP contribution in [0.5, 0.6) is 0 Å². The summed E-state index contributed by atoms with van der Waals surface area (Å²) in [7, 11) is 0. The maximum atomic E-state index is 13.9. The lowest BCUT2D eigenvalue weighted by atomic mass is 9.99. The van der Waals surface area contributed by atoms with Crippen molar-refractivity contribution in [1.82, 2.24) is 4.98 Å². The fourth-order valence-electron chi connectivity index (χ4n) is 4.63. The van der Waals surface area contributed by atoms with E-state index in [0.717, 1.165) is 24.1 Å². The van der Waals surface area contributed by atoms with Gasteiger partial charge in [0.1, 0.15) is 22.9 Å². The lowest BCUT2D eigenvalue weighted by Gasteiger charge is -2.32. The number of carboxylic acids is 1. The molecule has 0 bridgehead atoms. The first kappa shape index (κ1) is 20.4. The minimum Gasteiger partial charge on any atom is -0.478 e. The van der Waals surface area contributed by atoms with Crippen LogP contribution < -0.4 is 4.90 Å². The molecule has 0 saturated heterocycles. The lowest BCUT2D eigenvalue weighted by Crippen LogP contribution is -2.25. The predicted octanol–water partition coefficient (Wildman–Crippen LogP) is 6.71. The van der Waals surface area contributed by atoms with E-state index in [-0.39, 0.29) is 17.2 Å². The highest BCUT2D eigenvalue weighted by Gasteiger charge is 2.25. The molecule has 0 saturated carbocycles. The van der Waals surface area contributed by atoms with Crippen LogP contribution >= 0.6 is 0 Å². The zero-order chi connectivity index (χ0) is 23.4. The number of rotatable bonds is 3. The Morgan fingerprint density at radius 3 is 2.59 bits per heavy atom. The van der Waals surface area contributed by atoms with E-state index in [1.807, 2.05) is 6.07 Å². The third kappa shape index (κ3) is 3.37. The Bertz CT molecular complexity index is 1610. The van der Waals surface area contributed by atoms with Crippen LogP contribution in [0.1, 0.15) is 22.3 Å². The molecule has 0 unspecified atom stereocenters. The van der Waals surface area contributed by atoms with E-state index in [2.05, 4.69) is 4.90 Å². The minimum atomic E-state index is -1.02. The predicted molar refractivity (Wildman–Crippen MR) is 126 cm³/mol. The van der Waals surface area contributed by atoms with Crippen molar-refractivity contribution in [3.8, 4) is 11.5 Å². The Labute approximate surface area is 192 Å². The Kier molecular flexibility index (Phi) is 4.58. The number of hydrogen-bond acceptors (Lipinski definition) is 4. The zero-order valence-corrected chi connectivity index (χ0v) is 17.9. The van der Waals surface area contributed by atoms with Crippen LogP contribution in [0, 0.1) is 11.6 Å². The molecule has 0 amide bonds. The highest BCUT2D eigenvalue weighted by molar-refractivity contribution is 5.97. The summed E-state index contributed by atoms with van der Waals surface area (Å²) in [6, 6.07) is 17.4. The number of pyridine rings is 1. The van der Waals surface area contributed by atoms with Gasteiger partial charge >= 0.3 is 5.97 Å². The summed E-state index contributed by atoms with van der Waals surface area (Å²) in [5, 5.41) is 10.7. The first-order chi connectivity index (χ1) is 16.5. The van der Waals surface area contributed by atoms with Crippen LogP contribution in [0.4, 0.5) is 20.2 Å². The summed E-state index contributed by atoms with van der Waals surface area (Å²) in [6.07, 6.45) is 1.57. The maximum absolute atomic E-state index is 13.9. The van der Waals surface area contributed by atoms with Crippen molar-refractivity contribution in [2.45, 2.75) is 12.8 Å². The topological polar surface area (TPSA) is 66.6 Å².